The molecule has 8 heteroatoms. The van der Waals surface area contributed by atoms with E-state index in [0.29, 0.717) is 0 Å². The number of amides is 1. The summed E-state index contributed by atoms with van der Waals surface area (Å²) in [4.78, 5) is 22.9. The van der Waals surface area contributed by atoms with E-state index in [-0.39, 0.29) is 22.2 Å². The van der Waals surface area contributed by atoms with Crippen LogP contribution in [0.15, 0.2) is 16.6 Å². The zero-order valence-electron chi connectivity index (χ0n) is 12.3. The molecule has 122 valence electrons. The minimum absolute atomic E-state index is 0.0512. The van der Waals surface area contributed by atoms with E-state index < -0.39 is 29.5 Å². The van der Waals surface area contributed by atoms with Gasteiger partial charge in [-0.15, -0.1) is 0 Å². The predicted octanol–water partition coefficient (Wildman–Crippen LogP) is 2.81. The molecule has 0 bridgehead atoms. The highest BCUT2D eigenvalue weighted by Gasteiger charge is 2.25. The van der Waals surface area contributed by atoms with Crippen molar-refractivity contribution in [1.82, 2.24) is 5.32 Å². The topological polar surface area (TPSA) is 95.9 Å². The van der Waals surface area contributed by atoms with Crippen LogP contribution >= 0.6 is 15.9 Å². The van der Waals surface area contributed by atoms with E-state index >= 15 is 0 Å². The molecule has 0 fully saturated rings. The average molecular weight is 378 g/mol. The van der Waals surface area contributed by atoms with Crippen molar-refractivity contribution in [3.8, 4) is 5.75 Å². The molecule has 0 spiro atoms. The second-order valence-electron chi connectivity index (χ2n) is 5.64. The van der Waals surface area contributed by atoms with Gasteiger partial charge in [0.1, 0.15) is 23.2 Å². The number of alkyl carbamates (subject to hydrolysis) is 1. The number of phenolic OH excluding ortho intramolecular Hbond substituents is 1. The van der Waals surface area contributed by atoms with Gasteiger partial charge < -0.3 is 20.3 Å². The first-order valence-electron chi connectivity index (χ1n) is 6.39. The molecule has 1 atom stereocenters. The number of aliphatic carboxylic acids is 1. The van der Waals surface area contributed by atoms with Crippen molar-refractivity contribution in [3.63, 3.8) is 0 Å². The number of carboxylic acids is 1. The number of rotatable bonds is 4. The van der Waals surface area contributed by atoms with Gasteiger partial charge in [0.15, 0.2) is 0 Å². The minimum Gasteiger partial charge on any atom is -0.506 e. The van der Waals surface area contributed by atoms with Crippen LogP contribution < -0.4 is 5.32 Å². The van der Waals surface area contributed by atoms with E-state index in [0.717, 1.165) is 12.1 Å². The van der Waals surface area contributed by atoms with Gasteiger partial charge in [-0.3, -0.25) is 0 Å². The number of ether oxygens (including phenoxy) is 1. The van der Waals surface area contributed by atoms with E-state index in [1.165, 1.54) is 0 Å². The predicted molar refractivity (Wildman–Crippen MR) is 80.3 cm³/mol. The van der Waals surface area contributed by atoms with Crippen molar-refractivity contribution in [2.45, 2.75) is 38.8 Å². The average Bonchev–Trinajstić information content (AvgIpc) is 2.31. The molecule has 0 aliphatic heterocycles. The first-order chi connectivity index (χ1) is 9.99. The summed E-state index contributed by atoms with van der Waals surface area (Å²) in [6, 6.07) is 0.692. The molecule has 0 saturated carbocycles. The molecular weight excluding hydrogens is 361 g/mol. The molecule has 0 aromatic heterocycles. The maximum Gasteiger partial charge on any atom is 0.408 e. The van der Waals surface area contributed by atoms with Crippen LogP contribution in [0.1, 0.15) is 26.3 Å². The Kier molecular flexibility index (Phi) is 5.76. The van der Waals surface area contributed by atoms with Crippen LogP contribution in [0.5, 0.6) is 5.75 Å². The Labute approximate surface area is 135 Å². The Balaban J connectivity index is 2.90. The van der Waals surface area contributed by atoms with E-state index in [9.17, 15) is 19.1 Å². The van der Waals surface area contributed by atoms with E-state index in [1.54, 1.807) is 20.8 Å². The fraction of sp³-hybridized carbons (Fsp3) is 0.429. The number of hydrogen-bond donors (Lipinski definition) is 3. The molecule has 0 saturated heterocycles. The van der Waals surface area contributed by atoms with Gasteiger partial charge in [-0.2, -0.15) is 0 Å². The monoisotopic (exact) mass is 377 g/mol. The molecule has 1 aromatic carbocycles. The van der Waals surface area contributed by atoms with Gasteiger partial charge in [-0.05, 0) is 48.8 Å². The molecule has 0 radical (unpaired) electrons. The number of nitrogens with one attached hydrogen (secondary N) is 1. The fourth-order valence-corrected chi connectivity index (χ4v) is 2.12. The number of halogens is 2. The molecule has 3 N–H and O–H groups in total. The summed E-state index contributed by atoms with van der Waals surface area (Å²) in [5.41, 5.74) is -0.729. The number of aromatic hydroxyl groups is 1. The summed E-state index contributed by atoms with van der Waals surface area (Å²) in [5.74, 6) is -2.25. The van der Waals surface area contributed by atoms with Crippen LogP contribution in [0.4, 0.5) is 9.18 Å². The highest BCUT2D eigenvalue weighted by molar-refractivity contribution is 9.10. The molecule has 1 amide bonds. The molecule has 1 rings (SSSR count). The first-order valence-corrected chi connectivity index (χ1v) is 7.18. The number of carbonyl (C=O) groups excluding carboxylic acids is 1. The molecular formula is C14H17BrFNO5. The Hall–Kier alpha value is -1.83. The zero-order valence-corrected chi connectivity index (χ0v) is 13.9. The smallest absolute Gasteiger partial charge is 0.408 e. The molecule has 0 aliphatic rings. The quantitative estimate of drug-likeness (QED) is 0.749. The lowest BCUT2D eigenvalue weighted by molar-refractivity contribution is -0.139. The van der Waals surface area contributed by atoms with Crippen molar-refractivity contribution in [2.24, 2.45) is 0 Å². The molecule has 1 aromatic rings. The zero-order chi connectivity index (χ0) is 17.1. The fourth-order valence-electron chi connectivity index (χ4n) is 1.64. The maximum atomic E-state index is 13.3. The van der Waals surface area contributed by atoms with Crippen LogP contribution in [0.3, 0.4) is 0 Å². The number of phenols is 1. The van der Waals surface area contributed by atoms with Crippen LogP contribution in [-0.4, -0.2) is 33.9 Å². The highest BCUT2D eigenvalue weighted by Crippen LogP contribution is 2.29. The molecule has 22 heavy (non-hydrogen) atoms. The Morgan fingerprint density at radius 3 is 2.50 bits per heavy atom. The van der Waals surface area contributed by atoms with Gasteiger partial charge in [0.05, 0.1) is 4.47 Å². The first kappa shape index (κ1) is 18.2. The normalized spacial score (nSPS) is 12.6. The van der Waals surface area contributed by atoms with Gasteiger partial charge in [-0.1, -0.05) is 0 Å². The third-order valence-corrected chi connectivity index (χ3v) is 3.12. The molecule has 6 nitrogen and oxygen atoms in total. The second-order valence-corrected chi connectivity index (χ2v) is 6.49. The third kappa shape index (κ3) is 5.51. The Morgan fingerprint density at radius 2 is 2.00 bits per heavy atom. The SMILES string of the molecule is CC(C)(C)OC(=O)NC(Cc1cc(F)cc(Br)c1O)C(=O)O. The molecule has 0 aliphatic carbocycles. The molecule has 1 unspecified atom stereocenters. The standard InChI is InChI=1S/C14H17BrFNO5/c1-14(2,3)22-13(21)17-10(12(19)20)5-7-4-8(16)6-9(15)11(7)18/h4,6,10,18H,5H2,1-3H3,(H,17,21)(H,19,20). The summed E-state index contributed by atoms with van der Waals surface area (Å²) >= 11 is 2.96. The van der Waals surface area contributed by atoms with Crippen molar-refractivity contribution in [2.75, 3.05) is 0 Å². The van der Waals surface area contributed by atoms with Crippen molar-refractivity contribution >= 4 is 28.0 Å². The summed E-state index contributed by atoms with van der Waals surface area (Å²) in [7, 11) is 0. The lowest BCUT2D eigenvalue weighted by Gasteiger charge is -2.22. The summed E-state index contributed by atoms with van der Waals surface area (Å²) in [6.07, 6.45) is -1.20. The third-order valence-electron chi connectivity index (χ3n) is 2.52. The van der Waals surface area contributed by atoms with E-state index in [4.69, 9.17) is 9.84 Å². The Morgan fingerprint density at radius 1 is 1.41 bits per heavy atom. The van der Waals surface area contributed by atoms with Gasteiger partial charge >= 0.3 is 12.1 Å². The molecule has 0 heterocycles. The van der Waals surface area contributed by atoms with Gasteiger partial charge in [0.25, 0.3) is 0 Å². The Bertz CT molecular complexity index is 585. The number of carboxylic acid groups (broad SMARTS) is 1. The number of hydrogen-bond acceptors (Lipinski definition) is 4. The largest absolute Gasteiger partial charge is 0.506 e. The van der Waals surface area contributed by atoms with Gasteiger partial charge in [0.2, 0.25) is 0 Å². The van der Waals surface area contributed by atoms with Crippen molar-refractivity contribution in [3.05, 3.63) is 28.0 Å². The van der Waals surface area contributed by atoms with Crippen LogP contribution in [0.2, 0.25) is 0 Å². The van der Waals surface area contributed by atoms with Crippen LogP contribution in [-0.2, 0) is 16.0 Å². The number of benzene rings is 1. The van der Waals surface area contributed by atoms with E-state index in [2.05, 4.69) is 21.2 Å². The summed E-state index contributed by atoms with van der Waals surface area (Å²) < 4.78 is 18.4. The highest BCUT2D eigenvalue weighted by atomic mass is 79.9. The van der Waals surface area contributed by atoms with Crippen LogP contribution in [0, 0.1) is 5.82 Å². The van der Waals surface area contributed by atoms with Gasteiger partial charge in [-0.25, -0.2) is 14.0 Å². The minimum atomic E-state index is -1.37. The summed E-state index contributed by atoms with van der Waals surface area (Å²) in [5, 5.41) is 21.2. The lowest BCUT2D eigenvalue weighted by Crippen LogP contribution is -2.44. The van der Waals surface area contributed by atoms with Crippen LogP contribution in [0.25, 0.3) is 0 Å². The number of carbonyl (C=O) groups is 2. The van der Waals surface area contributed by atoms with E-state index in [1.807, 2.05) is 0 Å². The second kappa shape index (κ2) is 6.95. The van der Waals surface area contributed by atoms with Crippen molar-refractivity contribution in [1.29, 1.82) is 0 Å². The summed E-state index contributed by atoms with van der Waals surface area (Å²) in [6.45, 7) is 4.91. The lowest BCUT2D eigenvalue weighted by atomic mass is 10.0. The maximum absolute atomic E-state index is 13.3. The van der Waals surface area contributed by atoms with Gasteiger partial charge in [0, 0.05) is 12.0 Å². The van der Waals surface area contributed by atoms with Crippen molar-refractivity contribution < 1.29 is 28.9 Å².